The summed E-state index contributed by atoms with van der Waals surface area (Å²) in [5.41, 5.74) is 0.997. The zero-order valence-corrected chi connectivity index (χ0v) is 20.5. The van der Waals surface area contributed by atoms with Gasteiger partial charge >= 0.3 is 0 Å². The Labute approximate surface area is 206 Å². The summed E-state index contributed by atoms with van der Waals surface area (Å²) in [6, 6.07) is 11.4. The van der Waals surface area contributed by atoms with Crippen molar-refractivity contribution in [2.24, 2.45) is 5.16 Å². The zero-order valence-electron chi connectivity index (χ0n) is 18.9. The highest BCUT2D eigenvalue weighted by atomic mass is 32.2. The molecule has 1 amide bonds. The van der Waals surface area contributed by atoms with Gasteiger partial charge in [-0.15, -0.1) is 0 Å². The quantitative estimate of drug-likeness (QED) is 0.322. The number of carbonyl (C=O) groups excluding carboxylic acids is 1. The Morgan fingerprint density at radius 2 is 2.03 bits per heavy atom. The van der Waals surface area contributed by atoms with Gasteiger partial charge in [-0.1, -0.05) is 34.7 Å². The van der Waals surface area contributed by atoms with Gasteiger partial charge in [0.25, 0.3) is 5.91 Å². The molecule has 3 heterocycles. The van der Waals surface area contributed by atoms with Gasteiger partial charge in [0.15, 0.2) is 27.3 Å². The number of carbonyl (C=O) groups is 1. The van der Waals surface area contributed by atoms with Crippen molar-refractivity contribution in [2.75, 3.05) is 25.6 Å². The monoisotopic (exact) mass is 516 g/mol. The van der Waals surface area contributed by atoms with Crippen molar-refractivity contribution in [3.63, 3.8) is 0 Å². The van der Waals surface area contributed by atoms with E-state index in [0.717, 1.165) is 4.88 Å². The van der Waals surface area contributed by atoms with Gasteiger partial charge in [-0.25, -0.2) is 13.4 Å². The number of rotatable bonds is 10. The van der Waals surface area contributed by atoms with Crippen LogP contribution in [0, 0.1) is 0 Å². The van der Waals surface area contributed by atoms with Crippen LogP contribution in [-0.2, 0) is 42.2 Å². The van der Waals surface area contributed by atoms with Gasteiger partial charge in [-0.3, -0.25) is 15.1 Å². The van der Waals surface area contributed by atoms with E-state index in [0.29, 0.717) is 36.0 Å². The Kier molecular flexibility index (Phi) is 8.18. The van der Waals surface area contributed by atoms with Crippen LogP contribution in [0.1, 0.15) is 22.6 Å². The summed E-state index contributed by atoms with van der Waals surface area (Å²) in [6.45, 7) is 1.04. The van der Waals surface area contributed by atoms with E-state index in [9.17, 15) is 13.2 Å². The molecule has 35 heavy (non-hydrogen) atoms. The molecular formula is C23H24N4O6S2. The van der Waals surface area contributed by atoms with Crippen molar-refractivity contribution in [3.8, 4) is 0 Å². The first-order chi connectivity index (χ1) is 17.0. The summed E-state index contributed by atoms with van der Waals surface area (Å²) < 4.78 is 36.0. The molecule has 3 aromatic rings. The molecule has 0 saturated carbocycles. The molecule has 10 nitrogen and oxygen atoms in total. The SMILES string of the molecule is COCc1cnc(NC(=O)C(=NOCc2ccccn2)c2ccc(S(=O)(=O)[C@H]3CCOC3)cc2)s1. The fraction of sp³-hybridized carbons (Fsp3) is 0.304. The number of methoxy groups -OCH3 is 1. The van der Waals surface area contributed by atoms with E-state index < -0.39 is 21.0 Å². The first kappa shape index (κ1) is 24.9. The van der Waals surface area contributed by atoms with Crippen LogP contribution in [-0.4, -0.2) is 55.6 Å². The largest absolute Gasteiger partial charge is 0.389 e. The normalized spacial score (nSPS) is 16.3. The Balaban J connectivity index is 1.56. The van der Waals surface area contributed by atoms with Crippen LogP contribution in [0.25, 0.3) is 0 Å². The number of anilines is 1. The maximum atomic E-state index is 13.1. The summed E-state index contributed by atoms with van der Waals surface area (Å²) in [4.78, 5) is 27.8. The van der Waals surface area contributed by atoms with E-state index in [1.165, 1.54) is 35.6 Å². The lowest BCUT2D eigenvalue weighted by Crippen LogP contribution is -2.25. The number of benzene rings is 1. The number of aromatic nitrogens is 2. The van der Waals surface area contributed by atoms with Gasteiger partial charge in [0.1, 0.15) is 0 Å². The molecule has 184 valence electrons. The molecule has 1 saturated heterocycles. The molecule has 1 aliphatic rings. The molecule has 0 radical (unpaired) electrons. The van der Waals surface area contributed by atoms with Crippen LogP contribution >= 0.6 is 11.3 Å². The highest BCUT2D eigenvalue weighted by Crippen LogP contribution is 2.23. The molecule has 0 unspecified atom stereocenters. The number of hydrogen-bond acceptors (Lipinski definition) is 10. The number of thiazole rings is 1. The second-order valence-electron chi connectivity index (χ2n) is 7.61. The number of ether oxygens (including phenoxy) is 2. The highest BCUT2D eigenvalue weighted by Gasteiger charge is 2.31. The minimum Gasteiger partial charge on any atom is -0.389 e. The lowest BCUT2D eigenvalue weighted by atomic mass is 10.1. The predicted octanol–water partition coefficient (Wildman–Crippen LogP) is 2.81. The Hall–Kier alpha value is -3.19. The summed E-state index contributed by atoms with van der Waals surface area (Å²) in [7, 11) is -1.96. The summed E-state index contributed by atoms with van der Waals surface area (Å²) in [5, 5.41) is 6.56. The van der Waals surface area contributed by atoms with Crippen molar-refractivity contribution in [3.05, 3.63) is 71.0 Å². The molecule has 1 fully saturated rings. The molecule has 1 atom stereocenters. The number of oxime groups is 1. The van der Waals surface area contributed by atoms with Crippen LogP contribution in [0.15, 0.2) is 64.9 Å². The van der Waals surface area contributed by atoms with Crippen molar-refractivity contribution in [1.82, 2.24) is 9.97 Å². The average molecular weight is 517 g/mol. The van der Waals surface area contributed by atoms with Crippen molar-refractivity contribution in [2.45, 2.75) is 29.8 Å². The number of pyridine rings is 1. The maximum absolute atomic E-state index is 13.1. The standard InChI is InChI=1S/C23H24N4O6S2/c1-31-14-18-12-25-23(34-18)26-22(28)21(27-33-13-17-4-2-3-10-24-17)16-5-7-19(8-6-16)35(29,30)20-9-11-32-15-20/h2-8,10,12,20H,9,11,13-15H2,1H3,(H,25,26,28)/t20-/m0/s1. The van der Waals surface area contributed by atoms with E-state index in [-0.39, 0.29) is 23.8 Å². The van der Waals surface area contributed by atoms with Gasteiger partial charge in [-0.2, -0.15) is 0 Å². The molecule has 4 rings (SSSR count). The van der Waals surface area contributed by atoms with E-state index >= 15 is 0 Å². The number of sulfone groups is 1. The van der Waals surface area contributed by atoms with Gasteiger partial charge in [0.2, 0.25) is 0 Å². The van der Waals surface area contributed by atoms with Gasteiger partial charge in [-0.05, 0) is 30.7 Å². The smallest absolute Gasteiger partial charge is 0.280 e. The van der Waals surface area contributed by atoms with E-state index in [1.54, 1.807) is 31.6 Å². The van der Waals surface area contributed by atoms with E-state index in [2.05, 4.69) is 20.4 Å². The third kappa shape index (κ3) is 6.28. The van der Waals surface area contributed by atoms with Crippen molar-refractivity contribution < 1.29 is 27.5 Å². The minimum atomic E-state index is -3.53. The van der Waals surface area contributed by atoms with Crippen LogP contribution in [0.4, 0.5) is 5.13 Å². The molecule has 12 heteroatoms. The second-order valence-corrected chi connectivity index (χ2v) is 11.0. The van der Waals surface area contributed by atoms with Crippen molar-refractivity contribution in [1.29, 1.82) is 0 Å². The van der Waals surface area contributed by atoms with Crippen LogP contribution in [0.5, 0.6) is 0 Å². The van der Waals surface area contributed by atoms with Crippen LogP contribution < -0.4 is 5.32 Å². The second kappa shape index (κ2) is 11.5. The summed E-state index contributed by atoms with van der Waals surface area (Å²) in [5.74, 6) is -0.552. The number of hydrogen-bond donors (Lipinski definition) is 1. The molecule has 1 aliphatic heterocycles. The van der Waals surface area contributed by atoms with E-state index in [4.69, 9.17) is 14.3 Å². The number of amides is 1. The minimum absolute atomic E-state index is 0.0300. The third-order valence-corrected chi connectivity index (χ3v) is 8.22. The lowest BCUT2D eigenvalue weighted by molar-refractivity contribution is -0.110. The van der Waals surface area contributed by atoms with Crippen LogP contribution in [0.3, 0.4) is 0 Å². The van der Waals surface area contributed by atoms with E-state index in [1.807, 2.05) is 6.07 Å². The Morgan fingerprint density at radius 3 is 2.71 bits per heavy atom. The topological polar surface area (TPSA) is 129 Å². The predicted molar refractivity (Wildman–Crippen MR) is 130 cm³/mol. The molecule has 0 bridgehead atoms. The Morgan fingerprint density at radius 1 is 1.20 bits per heavy atom. The van der Waals surface area contributed by atoms with Crippen LogP contribution in [0.2, 0.25) is 0 Å². The third-order valence-electron chi connectivity index (χ3n) is 5.15. The average Bonchev–Trinajstić information content (AvgIpc) is 3.56. The number of nitrogens with one attached hydrogen (secondary N) is 1. The molecule has 1 aromatic carbocycles. The first-order valence-corrected chi connectivity index (χ1v) is 13.1. The van der Waals surface area contributed by atoms with Gasteiger partial charge in [0.05, 0.1) is 33.9 Å². The zero-order chi connectivity index (χ0) is 24.7. The Bertz CT molecular complexity index is 1270. The molecule has 0 aliphatic carbocycles. The fourth-order valence-electron chi connectivity index (χ4n) is 3.35. The first-order valence-electron chi connectivity index (χ1n) is 10.7. The van der Waals surface area contributed by atoms with Gasteiger partial charge in [0, 0.05) is 31.7 Å². The molecular weight excluding hydrogens is 492 g/mol. The summed E-state index contributed by atoms with van der Waals surface area (Å²) in [6.07, 6.45) is 3.70. The molecule has 2 aromatic heterocycles. The lowest BCUT2D eigenvalue weighted by Gasteiger charge is -2.11. The fourth-order valence-corrected chi connectivity index (χ4v) is 5.72. The molecule has 0 spiro atoms. The van der Waals surface area contributed by atoms with Crippen molar-refractivity contribution >= 4 is 37.9 Å². The van der Waals surface area contributed by atoms with Gasteiger partial charge < -0.3 is 14.3 Å². The number of nitrogens with zero attached hydrogens (tertiary/aromatic N) is 3. The highest BCUT2D eigenvalue weighted by molar-refractivity contribution is 7.92. The maximum Gasteiger partial charge on any atom is 0.280 e. The molecule has 1 N–H and O–H groups in total. The summed E-state index contributed by atoms with van der Waals surface area (Å²) >= 11 is 1.27.